The van der Waals surface area contributed by atoms with Gasteiger partial charge in [-0.25, -0.2) is 0 Å². The number of alkyl halides is 3. The molecule has 0 aromatic heterocycles. The maximum Gasteiger partial charge on any atom is 0.395 e. The smallest absolute Gasteiger partial charge is 0.385 e. The summed E-state index contributed by atoms with van der Waals surface area (Å²) in [6.07, 6.45) is 1.64. The predicted octanol–water partition coefficient (Wildman–Crippen LogP) is 7.28. The molecule has 0 amide bonds. The van der Waals surface area contributed by atoms with Crippen LogP contribution in [0.3, 0.4) is 0 Å². The van der Waals surface area contributed by atoms with Crippen LogP contribution in [-0.4, -0.2) is 55.2 Å². The summed E-state index contributed by atoms with van der Waals surface area (Å²) in [4.78, 5) is 4.41. The quantitative estimate of drug-likeness (QED) is 0.414. The number of anilines is 1. The van der Waals surface area contributed by atoms with Gasteiger partial charge in [0.05, 0.1) is 5.41 Å². The lowest BCUT2D eigenvalue weighted by molar-refractivity contribution is -0.256. The fourth-order valence-corrected chi connectivity index (χ4v) is 5.98. The van der Waals surface area contributed by atoms with Crippen LogP contribution in [-0.2, 0) is 0 Å². The second kappa shape index (κ2) is 10.5. The highest BCUT2D eigenvalue weighted by molar-refractivity contribution is 5.70. The monoisotopic (exact) mass is 497 g/mol. The molecule has 1 N–H and O–H groups in total. The van der Waals surface area contributed by atoms with E-state index in [1.165, 1.54) is 29.5 Å². The standard InChI is InChI=1S/C30H38F3N3/c1-23(36-17-2-3-18-36)25-5-7-26(8-6-25)27-9-11-28(12-10-27)34-21-24-13-19-35(20-14-24)22-29(15-4-16-29)30(31,32)33/h5-12,24,34H,1-4,13-22H2. The van der Waals surface area contributed by atoms with Gasteiger partial charge in [-0.2, -0.15) is 13.2 Å². The Bertz CT molecular complexity index is 1010. The van der Waals surface area contributed by atoms with Gasteiger partial charge in [0.25, 0.3) is 0 Å². The third-order valence-corrected chi connectivity index (χ3v) is 8.66. The van der Waals surface area contributed by atoms with Gasteiger partial charge in [0.15, 0.2) is 0 Å². The van der Waals surface area contributed by atoms with Crippen LogP contribution in [0.5, 0.6) is 0 Å². The molecule has 194 valence electrons. The first-order chi connectivity index (χ1) is 17.3. The summed E-state index contributed by atoms with van der Waals surface area (Å²) in [6, 6.07) is 17.2. The molecule has 1 saturated carbocycles. The largest absolute Gasteiger partial charge is 0.395 e. The van der Waals surface area contributed by atoms with Gasteiger partial charge < -0.3 is 15.1 Å². The molecule has 1 aliphatic carbocycles. The molecule has 3 aliphatic rings. The first-order valence-corrected chi connectivity index (χ1v) is 13.5. The molecule has 0 unspecified atom stereocenters. The Labute approximate surface area is 213 Å². The molecular formula is C30H38F3N3. The molecule has 2 aromatic carbocycles. The number of nitrogens with zero attached hydrogens (tertiary/aromatic N) is 2. The summed E-state index contributed by atoms with van der Waals surface area (Å²) >= 11 is 0. The van der Waals surface area contributed by atoms with Crippen molar-refractivity contribution < 1.29 is 13.2 Å². The van der Waals surface area contributed by atoms with E-state index in [-0.39, 0.29) is 6.54 Å². The minimum Gasteiger partial charge on any atom is -0.385 e. The highest BCUT2D eigenvalue weighted by atomic mass is 19.4. The molecule has 2 saturated heterocycles. The first kappa shape index (κ1) is 25.2. The first-order valence-electron chi connectivity index (χ1n) is 13.5. The summed E-state index contributed by atoms with van der Waals surface area (Å²) in [5, 5.41) is 3.54. The zero-order valence-corrected chi connectivity index (χ0v) is 21.1. The number of hydrogen-bond acceptors (Lipinski definition) is 3. The highest BCUT2D eigenvalue weighted by Gasteiger charge is 2.58. The number of hydrogen-bond donors (Lipinski definition) is 1. The van der Waals surface area contributed by atoms with E-state index in [9.17, 15) is 13.2 Å². The van der Waals surface area contributed by atoms with Crippen molar-refractivity contribution in [1.82, 2.24) is 9.80 Å². The average Bonchev–Trinajstić information content (AvgIpc) is 3.40. The molecule has 3 fully saturated rings. The van der Waals surface area contributed by atoms with Crippen LogP contribution in [0.1, 0.15) is 50.5 Å². The third-order valence-electron chi connectivity index (χ3n) is 8.66. The fourth-order valence-electron chi connectivity index (χ4n) is 5.98. The Morgan fingerprint density at radius 1 is 0.861 bits per heavy atom. The van der Waals surface area contributed by atoms with Gasteiger partial charge in [-0.05, 0) is 86.4 Å². The molecule has 0 spiro atoms. The van der Waals surface area contributed by atoms with Crippen molar-refractivity contribution in [3.63, 3.8) is 0 Å². The number of halogens is 3. The van der Waals surface area contributed by atoms with Gasteiger partial charge in [0.1, 0.15) is 0 Å². The lowest BCUT2D eigenvalue weighted by atomic mass is 9.67. The van der Waals surface area contributed by atoms with E-state index in [1.807, 2.05) is 4.90 Å². The zero-order valence-electron chi connectivity index (χ0n) is 21.1. The number of likely N-dealkylation sites (tertiary alicyclic amines) is 2. The second-order valence-electron chi connectivity index (χ2n) is 11.0. The van der Waals surface area contributed by atoms with E-state index < -0.39 is 11.6 Å². The molecule has 0 bridgehead atoms. The maximum atomic E-state index is 13.5. The van der Waals surface area contributed by atoms with Gasteiger partial charge in [0, 0.05) is 37.6 Å². The van der Waals surface area contributed by atoms with E-state index in [0.29, 0.717) is 25.2 Å². The number of piperidine rings is 1. The van der Waals surface area contributed by atoms with Gasteiger partial charge in [0.2, 0.25) is 0 Å². The van der Waals surface area contributed by atoms with Gasteiger partial charge in [-0.1, -0.05) is 49.4 Å². The third kappa shape index (κ3) is 5.44. The summed E-state index contributed by atoms with van der Waals surface area (Å²) in [5.41, 5.74) is 4.32. The molecule has 3 nitrogen and oxygen atoms in total. The molecule has 2 heterocycles. The lowest BCUT2D eigenvalue weighted by Crippen LogP contribution is -2.53. The number of benzene rings is 2. The van der Waals surface area contributed by atoms with Crippen molar-refractivity contribution in [2.75, 3.05) is 44.6 Å². The average molecular weight is 498 g/mol. The van der Waals surface area contributed by atoms with Crippen molar-refractivity contribution in [3.8, 4) is 11.1 Å². The van der Waals surface area contributed by atoms with E-state index >= 15 is 0 Å². The van der Waals surface area contributed by atoms with Crippen molar-refractivity contribution >= 4 is 11.4 Å². The van der Waals surface area contributed by atoms with Crippen LogP contribution in [0.25, 0.3) is 16.8 Å². The van der Waals surface area contributed by atoms with E-state index in [2.05, 4.69) is 65.3 Å². The number of nitrogens with one attached hydrogen (secondary N) is 1. The van der Waals surface area contributed by atoms with E-state index in [4.69, 9.17) is 0 Å². The van der Waals surface area contributed by atoms with Crippen LogP contribution in [0, 0.1) is 11.3 Å². The van der Waals surface area contributed by atoms with E-state index in [1.54, 1.807) is 0 Å². The lowest BCUT2D eigenvalue weighted by Gasteiger charge is -2.47. The van der Waals surface area contributed by atoms with Gasteiger partial charge >= 0.3 is 6.18 Å². The maximum absolute atomic E-state index is 13.5. The zero-order chi connectivity index (χ0) is 25.2. The van der Waals surface area contributed by atoms with Crippen molar-refractivity contribution in [1.29, 1.82) is 0 Å². The minimum atomic E-state index is -4.07. The molecule has 36 heavy (non-hydrogen) atoms. The molecule has 2 aromatic rings. The fraction of sp³-hybridized carbons (Fsp3) is 0.533. The Hall–Kier alpha value is -2.47. The molecule has 2 aliphatic heterocycles. The molecule has 5 rings (SSSR count). The predicted molar refractivity (Wildman–Crippen MR) is 142 cm³/mol. The molecule has 0 atom stereocenters. The van der Waals surface area contributed by atoms with Crippen molar-refractivity contribution in [2.45, 2.75) is 51.1 Å². The Kier molecular flexibility index (Phi) is 7.34. The summed E-state index contributed by atoms with van der Waals surface area (Å²) in [6.45, 7) is 9.08. The van der Waals surface area contributed by atoms with Crippen LogP contribution < -0.4 is 5.32 Å². The summed E-state index contributed by atoms with van der Waals surface area (Å²) in [5.74, 6) is 0.500. The SMILES string of the molecule is C=C(c1ccc(-c2ccc(NCC3CCN(CC4(C(F)(F)F)CCC4)CC3)cc2)cc1)N1CCCC1. The van der Waals surface area contributed by atoms with Crippen LogP contribution in [0.2, 0.25) is 0 Å². The molecule has 0 radical (unpaired) electrons. The van der Waals surface area contributed by atoms with Crippen molar-refractivity contribution in [2.24, 2.45) is 11.3 Å². The number of rotatable bonds is 8. The van der Waals surface area contributed by atoms with Gasteiger partial charge in [-0.15, -0.1) is 0 Å². The van der Waals surface area contributed by atoms with Crippen LogP contribution in [0.15, 0.2) is 55.1 Å². The molecule has 6 heteroatoms. The minimum absolute atomic E-state index is 0.186. The normalized spacial score (nSPS) is 20.8. The topological polar surface area (TPSA) is 18.5 Å². The highest BCUT2D eigenvalue weighted by Crippen LogP contribution is 2.53. The van der Waals surface area contributed by atoms with Crippen molar-refractivity contribution in [3.05, 3.63) is 60.7 Å². The Morgan fingerprint density at radius 2 is 1.44 bits per heavy atom. The van der Waals surface area contributed by atoms with Crippen LogP contribution >= 0.6 is 0 Å². The van der Waals surface area contributed by atoms with Crippen LogP contribution in [0.4, 0.5) is 18.9 Å². The Morgan fingerprint density at radius 3 is 1.97 bits per heavy atom. The molecular weight excluding hydrogens is 459 g/mol. The Balaban J connectivity index is 1.08. The second-order valence-corrected chi connectivity index (χ2v) is 11.0. The van der Waals surface area contributed by atoms with Gasteiger partial charge in [-0.3, -0.25) is 0 Å². The summed E-state index contributed by atoms with van der Waals surface area (Å²) in [7, 11) is 0. The van der Waals surface area contributed by atoms with E-state index in [0.717, 1.165) is 56.9 Å². The summed E-state index contributed by atoms with van der Waals surface area (Å²) < 4.78 is 40.5.